The number of aromatic hydroxyl groups is 1. The minimum Gasteiger partial charge on any atom is -0.505 e. The summed E-state index contributed by atoms with van der Waals surface area (Å²) in [4.78, 5) is 0. The van der Waals surface area contributed by atoms with E-state index in [1.54, 1.807) is 6.07 Å². The summed E-state index contributed by atoms with van der Waals surface area (Å²) in [7, 11) is 0. The van der Waals surface area contributed by atoms with Crippen molar-refractivity contribution in [3.05, 3.63) is 29.1 Å². The number of hydrogen-bond acceptors (Lipinski definition) is 4. The van der Waals surface area contributed by atoms with Gasteiger partial charge in [-0.3, -0.25) is 0 Å². The maximum absolute atomic E-state index is 13.1. The molecule has 0 heterocycles. The van der Waals surface area contributed by atoms with Crippen molar-refractivity contribution in [3.8, 4) is 11.8 Å². The highest BCUT2D eigenvalue weighted by Crippen LogP contribution is 2.28. The lowest BCUT2D eigenvalue weighted by atomic mass is 10.0. The molecule has 1 atom stereocenters. The molecule has 0 aliphatic rings. The van der Waals surface area contributed by atoms with E-state index in [2.05, 4.69) is 0 Å². The van der Waals surface area contributed by atoms with Crippen LogP contribution in [-0.4, -0.2) is 11.7 Å². The molecule has 6 heteroatoms. The van der Waals surface area contributed by atoms with Crippen LogP contribution in [0.5, 0.6) is 5.75 Å². The molecule has 0 aromatic heterocycles. The molecule has 0 saturated carbocycles. The van der Waals surface area contributed by atoms with Crippen LogP contribution >= 0.6 is 12.4 Å². The first-order chi connectivity index (χ1) is 7.10. The van der Waals surface area contributed by atoms with Crippen LogP contribution in [-0.2, 0) is 0 Å². The predicted molar refractivity (Wildman–Crippen MR) is 60.6 cm³/mol. The van der Waals surface area contributed by atoms with Crippen LogP contribution in [0.1, 0.15) is 23.6 Å². The van der Waals surface area contributed by atoms with Gasteiger partial charge in [0.05, 0.1) is 11.6 Å². The average Bonchev–Trinajstić information content (AvgIpc) is 2.22. The molecule has 16 heavy (non-hydrogen) atoms. The van der Waals surface area contributed by atoms with Gasteiger partial charge >= 0.3 is 0 Å². The topological polar surface area (TPSA) is 96.1 Å². The van der Waals surface area contributed by atoms with E-state index in [4.69, 9.17) is 16.7 Å². The van der Waals surface area contributed by atoms with Gasteiger partial charge < -0.3 is 16.6 Å². The van der Waals surface area contributed by atoms with E-state index in [0.717, 1.165) is 6.07 Å². The molecule has 1 rings (SSSR count). The molecular formula is C10H13ClFN3O. The van der Waals surface area contributed by atoms with Gasteiger partial charge in [0, 0.05) is 11.6 Å². The minimum atomic E-state index is -0.837. The first-order valence-corrected chi connectivity index (χ1v) is 4.48. The zero-order valence-electron chi connectivity index (χ0n) is 8.48. The lowest BCUT2D eigenvalue weighted by Gasteiger charge is -2.13. The maximum atomic E-state index is 13.1. The Balaban J connectivity index is 0.00000225. The van der Waals surface area contributed by atoms with Gasteiger partial charge in [-0.1, -0.05) is 0 Å². The molecule has 0 fully saturated rings. The zero-order valence-corrected chi connectivity index (χ0v) is 9.30. The number of benzene rings is 1. The van der Waals surface area contributed by atoms with Crippen molar-refractivity contribution in [1.29, 1.82) is 5.26 Å². The number of nitrogens with two attached hydrogens (primary N) is 2. The Kier molecular flexibility index (Phi) is 5.75. The van der Waals surface area contributed by atoms with E-state index >= 15 is 0 Å². The predicted octanol–water partition coefficient (Wildman–Crippen LogP) is 1.17. The van der Waals surface area contributed by atoms with Crippen LogP contribution in [0.15, 0.2) is 12.1 Å². The van der Waals surface area contributed by atoms with E-state index in [0.29, 0.717) is 13.0 Å². The molecule has 0 aliphatic carbocycles. The SMILES string of the molecule is Cl.N#Cc1cc(F)c(O)c([C@@H](N)CCN)c1. The Morgan fingerprint density at radius 2 is 2.12 bits per heavy atom. The number of rotatable bonds is 3. The summed E-state index contributed by atoms with van der Waals surface area (Å²) >= 11 is 0. The number of halogens is 2. The average molecular weight is 246 g/mol. The van der Waals surface area contributed by atoms with E-state index in [9.17, 15) is 9.50 Å². The second kappa shape index (κ2) is 6.28. The fourth-order valence-electron chi connectivity index (χ4n) is 1.30. The maximum Gasteiger partial charge on any atom is 0.166 e. The number of nitrogens with zero attached hydrogens (tertiary/aromatic N) is 1. The molecule has 5 N–H and O–H groups in total. The van der Waals surface area contributed by atoms with Gasteiger partial charge in [0.25, 0.3) is 0 Å². The van der Waals surface area contributed by atoms with Gasteiger partial charge in [0.1, 0.15) is 0 Å². The Bertz CT molecular complexity index is 406. The summed E-state index contributed by atoms with van der Waals surface area (Å²) in [5.41, 5.74) is 11.3. The molecule has 1 aromatic rings. The molecule has 88 valence electrons. The van der Waals surface area contributed by atoms with Gasteiger partial charge in [0.2, 0.25) is 0 Å². The smallest absolute Gasteiger partial charge is 0.166 e. The summed E-state index contributed by atoms with van der Waals surface area (Å²) in [6.07, 6.45) is 0.419. The van der Waals surface area contributed by atoms with Crippen molar-refractivity contribution in [2.45, 2.75) is 12.5 Å². The lowest BCUT2D eigenvalue weighted by molar-refractivity contribution is 0.419. The van der Waals surface area contributed by atoms with Gasteiger partial charge in [-0.05, 0) is 25.1 Å². The molecule has 0 aliphatic heterocycles. The molecule has 0 unspecified atom stereocenters. The van der Waals surface area contributed by atoms with Gasteiger partial charge in [-0.2, -0.15) is 5.26 Å². The molecule has 0 spiro atoms. The third-order valence-corrected chi connectivity index (χ3v) is 2.10. The molecule has 0 bridgehead atoms. The molecule has 0 saturated heterocycles. The number of hydrogen-bond donors (Lipinski definition) is 3. The third kappa shape index (κ3) is 3.07. The first kappa shape index (κ1) is 14.6. The normalized spacial score (nSPS) is 11.4. The summed E-state index contributed by atoms with van der Waals surface area (Å²) in [5, 5.41) is 18.0. The van der Waals surface area contributed by atoms with Crippen molar-refractivity contribution in [1.82, 2.24) is 0 Å². The Morgan fingerprint density at radius 3 is 2.62 bits per heavy atom. The van der Waals surface area contributed by atoms with E-state index < -0.39 is 17.6 Å². The largest absolute Gasteiger partial charge is 0.505 e. The monoisotopic (exact) mass is 245 g/mol. The standard InChI is InChI=1S/C10H12FN3O.ClH/c11-8-4-6(5-13)3-7(10(8)15)9(14)1-2-12;/h3-4,9,15H,1-2,12,14H2;1H/t9-;/m0./s1. The van der Waals surface area contributed by atoms with Gasteiger partial charge in [-0.15, -0.1) is 12.4 Å². The summed E-state index contributed by atoms with van der Waals surface area (Å²) in [5.74, 6) is -1.34. The third-order valence-electron chi connectivity index (χ3n) is 2.10. The highest BCUT2D eigenvalue weighted by molar-refractivity contribution is 5.85. The minimum absolute atomic E-state index is 0. The van der Waals surface area contributed by atoms with E-state index in [1.807, 2.05) is 0 Å². The molecular weight excluding hydrogens is 233 g/mol. The second-order valence-electron chi connectivity index (χ2n) is 3.19. The van der Waals surface area contributed by atoms with Crippen molar-refractivity contribution < 1.29 is 9.50 Å². The number of phenols is 1. The highest BCUT2D eigenvalue weighted by Gasteiger charge is 2.15. The molecule has 0 radical (unpaired) electrons. The van der Waals surface area contributed by atoms with Gasteiger partial charge in [-0.25, -0.2) is 4.39 Å². The zero-order chi connectivity index (χ0) is 11.4. The van der Waals surface area contributed by atoms with E-state index in [-0.39, 0.29) is 23.5 Å². The summed E-state index contributed by atoms with van der Waals surface area (Å²) in [6, 6.07) is 3.58. The van der Waals surface area contributed by atoms with Crippen molar-refractivity contribution in [2.24, 2.45) is 11.5 Å². The van der Waals surface area contributed by atoms with Gasteiger partial charge in [0.15, 0.2) is 11.6 Å². The number of phenolic OH excluding ortho intramolecular Hbond substituents is 1. The molecule has 1 aromatic carbocycles. The fourth-order valence-corrected chi connectivity index (χ4v) is 1.30. The fraction of sp³-hybridized carbons (Fsp3) is 0.300. The summed E-state index contributed by atoms with van der Waals surface area (Å²) < 4.78 is 13.1. The second-order valence-corrected chi connectivity index (χ2v) is 3.19. The number of nitriles is 1. The first-order valence-electron chi connectivity index (χ1n) is 4.48. The Labute approximate surface area is 99.1 Å². The lowest BCUT2D eigenvalue weighted by Crippen LogP contribution is -2.16. The van der Waals surface area contributed by atoms with Crippen LogP contribution in [0.3, 0.4) is 0 Å². The summed E-state index contributed by atoms with van der Waals surface area (Å²) in [6.45, 7) is 0.332. The quantitative estimate of drug-likeness (QED) is 0.745. The van der Waals surface area contributed by atoms with Crippen molar-refractivity contribution in [3.63, 3.8) is 0 Å². The van der Waals surface area contributed by atoms with Crippen LogP contribution in [0.25, 0.3) is 0 Å². The van der Waals surface area contributed by atoms with Crippen molar-refractivity contribution in [2.75, 3.05) is 6.54 Å². The van der Waals surface area contributed by atoms with Crippen LogP contribution in [0, 0.1) is 17.1 Å². The van der Waals surface area contributed by atoms with E-state index in [1.165, 1.54) is 6.07 Å². The highest BCUT2D eigenvalue weighted by atomic mass is 35.5. The van der Waals surface area contributed by atoms with Crippen LogP contribution in [0.2, 0.25) is 0 Å². The van der Waals surface area contributed by atoms with Crippen LogP contribution in [0.4, 0.5) is 4.39 Å². The molecule has 0 amide bonds. The van der Waals surface area contributed by atoms with Crippen LogP contribution < -0.4 is 11.5 Å². The van der Waals surface area contributed by atoms with Crippen molar-refractivity contribution >= 4 is 12.4 Å². The Hall–Kier alpha value is -1.35. The Morgan fingerprint density at radius 1 is 1.50 bits per heavy atom. The molecule has 4 nitrogen and oxygen atoms in total.